The molecule has 7 nitrogen and oxygen atoms in total. The van der Waals surface area contributed by atoms with Gasteiger partial charge >= 0.3 is 0 Å². The average Bonchev–Trinajstić information content (AvgIpc) is 2.69. The van der Waals surface area contributed by atoms with E-state index < -0.39 is 62.9 Å². The molecule has 0 fully saturated rings. The molecule has 2 amide bonds. The van der Waals surface area contributed by atoms with Crippen molar-refractivity contribution in [1.82, 2.24) is 10.6 Å². The molecule has 152 valence electrons. The molecule has 0 saturated carbocycles. The summed E-state index contributed by atoms with van der Waals surface area (Å²) in [6, 6.07) is 11.1. The molecule has 2 aromatic carbocycles. The highest BCUT2D eigenvalue weighted by molar-refractivity contribution is 7.90. The van der Waals surface area contributed by atoms with Gasteiger partial charge in [-0.25, -0.2) is 17.2 Å². The summed E-state index contributed by atoms with van der Waals surface area (Å²) >= 11 is 0. The molecule has 0 aliphatic heterocycles. The first kappa shape index (κ1) is 22.0. The Morgan fingerprint density at radius 1 is 1.07 bits per heavy atom. The van der Waals surface area contributed by atoms with Crippen molar-refractivity contribution in [3.8, 4) is 6.07 Å². The molecule has 1 atom stereocenters. The summed E-state index contributed by atoms with van der Waals surface area (Å²) in [5.41, 5.74) is -0.199. The summed E-state index contributed by atoms with van der Waals surface area (Å²) in [5, 5.41) is 13.1. The zero-order valence-electron chi connectivity index (χ0n) is 15.1. The van der Waals surface area contributed by atoms with E-state index in [2.05, 4.69) is 10.6 Å². The van der Waals surface area contributed by atoms with Gasteiger partial charge in [-0.15, -0.1) is 0 Å². The summed E-state index contributed by atoms with van der Waals surface area (Å²) in [6.07, 6.45) is 0. The molecule has 0 saturated heterocycles. The first-order chi connectivity index (χ1) is 13.7. The van der Waals surface area contributed by atoms with Gasteiger partial charge in [-0.3, -0.25) is 9.59 Å². The van der Waals surface area contributed by atoms with E-state index in [1.807, 2.05) is 0 Å². The summed E-state index contributed by atoms with van der Waals surface area (Å²) < 4.78 is 52.1. The van der Waals surface area contributed by atoms with Crippen molar-refractivity contribution in [3.63, 3.8) is 0 Å². The fraction of sp³-hybridized carbons (Fsp3) is 0.211. The molecule has 0 heterocycles. The van der Waals surface area contributed by atoms with Crippen LogP contribution < -0.4 is 10.6 Å². The maximum absolute atomic E-state index is 13.8. The highest BCUT2D eigenvalue weighted by Crippen LogP contribution is 2.15. The van der Waals surface area contributed by atoms with Crippen LogP contribution in [0.15, 0.2) is 48.5 Å². The highest BCUT2D eigenvalue weighted by Gasteiger charge is 2.28. The number of nitrogens with zero attached hydrogens (tertiary/aromatic N) is 1. The van der Waals surface area contributed by atoms with Crippen molar-refractivity contribution in [2.45, 2.75) is 11.8 Å². The van der Waals surface area contributed by atoms with Gasteiger partial charge in [-0.05, 0) is 18.2 Å². The lowest BCUT2D eigenvalue weighted by Gasteiger charge is -2.18. The lowest BCUT2D eigenvalue weighted by molar-refractivity contribution is -0.122. The first-order valence-electron chi connectivity index (χ1n) is 8.37. The smallest absolute Gasteiger partial charge is 0.251 e. The predicted octanol–water partition coefficient (Wildman–Crippen LogP) is 1.32. The first-order valence-corrected chi connectivity index (χ1v) is 10.2. The van der Waals surface area contributed by atoms with Gasteiger partial charge in [0.2, 0.25) is 5.91 Å². The summed E-state index contributed by atoms with van der Waals surface area (Å²) in [5.74, 6) is -5.80. The second kappa shape index (κ2) is 9.75. The Morgan fingerprint density at radius 3 is 2.41 bits per heavy atom. The molecule has 0 spiro atoms. The third kappa shape index (κ3) is 6.36. The Bertz CT molecular complexity index is 1040. The van der Waals surface area contributed by atoms with E-state index in [1.54, 1.807) is 24.3 Å². The largest absolute Gasteiger partial charge is 0.341 e. The number of hydrogen-bond donors (Lipinski definition) is 2. The van der Waals surface area contributed by atoms with Crippen molar-refractivity contribution < 1.29 is 26.8 Å². The molecular formula is C19H17F2N3O4S. The van der Waals surface area contributed by atoms with Crippen LogP contribution in [0.5, 0.6) is 0 Å². The van der Waals surface area contributed by atoms with Gasteiger partial charge in [-0.2, -0.15) is 5.26 Å². The van der Waals surface area contributed by atoms with E-state index in [1.165, 1.54) is 12.1 Å². The molecule has 0 aliphatic rings. The SMILES string of the molecule is N#CCNC(=O)[C@H](CS(=O)(=O)Cc1cccc(F)c1F)NC(=O)c1ccccc1. The van der Waals surface area contributed by atoms with Gasteiger partial charge in [0.25, 0.3) is 5.91 Å². The Labute approximate surface area is 166 Å². The Morgan fingerprint density at radius 2 is 1.76 bits per heavy atom. The Kier molecular flexibility index (Phi) is 7.39. The number of amides is 2. The monoisotopic (exact) mass is 421 g/mol. The van der Waals surface area contributed by atoms with Crippen molar-refractivity contribution in [3.05, 3.63) is 71.3 Å². The molecular weight excluding hydrogens is 404 g/mol. The van der Waals surface area contributed by atoms with E-state index >= 15 is 0 Å². The predicted molar refractivity (Wildman–Crippen MR) is 100 cm³/mol. The van der Waals surface area contributed by atoms with Crippen molar-refractivity contribution in [2.24, 2.45) is 0 Å². The Hall–Kier alpha value is -3.32. The van der Waals surface area contributed by atoms with Crippen LogP contribution in [0.1, 0.15) is 15.9 Å². The van der Waals surface area contributed by atoms with Gasteiger partial charge in [-0.1, -0.05) is 30.3 Å². The summed E-state index contributed by atoms with van der Waals surface area (Å²) in [6.45, 7) is -0.394. The van der Waals surface area contributed by atoms with E-state index in [0.717, 1.165) is 18.2 Å². The van der Waals surface area contributed by atoms with Gasteiger partial charge in [0.1, 0.15) is 12.6 Å². The van der Waals surface area contributed by atoms with E-state index in [9.17, 15) is 26.8 Å². The van der Waals surface area contributed by atoms with Crippen LogP contribution >= 0.6 is 0 Å². The number of benzene rings is 2. The maximum atomic E-state index is 13.8. The van der Waals surface area contributed by atoms with Gasteiger partial charge in [0.05, 0.1) is 17.6 Å². The minimum absolute atomic E-state index is 0.194. The minimum atomic E-state index is -4.14. The lowest BCUT2D eigenvalue weighted by Crippen LogP contribution is -2.50. The Balaban J connectivity index is 2.21. The molecule has 0 bridgehead atoms. The molecule has 0 aromatic heterocycles. The molecule has 0 radical (unpaired) electrons. The third-order valence-corrected chi connectivity index (χ3v) is 5.42. The fourth-order valence-corrected chi connectivity index (χ4v) is 4.03. The number of hydrogen-bond acceptors (Lipinski definition) is 5. The topological polar surface area (TPSA) is 116 Å². The van der Waals surface area contributed by atoms with Crippen LogP contribution in [0, 0.1) is 23.0 Å². The standard InChI is InChI=1S/C19H17F2N3O4S/c20-15-8-4-7-14(17(15)21)11-29(27,28)12-16(19(26)23-10-9-22)24-18(25)13-5-2-1-3-6-13/h1-8,16H,10-12H2,(H,23,26)(H,24,25)/t16-/m0/s1. The molecule has 0 unspecified atom stereocenters. The molecule has 29 heavy (non-hydrogen) atoms. The maximum Gasteiger partial charge on any atom is 0.251 e. The van der Waals surface area contributed by atoms with Crippen LogP contribution in [0.2, 0.25) is 0 Å². The van der Waals surface area contributed by atoms with Gasteiger partial charge in [0.15, 0.2) is 21.5 Å². The van der Waals surface area contributed by atoms with Crippen molar-refractivity contribution in [2.75, 3.05) is 12.3 Å². The molecule has 0 aliphatic carbocycles. The van der Waals surface area contributed by atoms with Crippen LogP contribution in [0.3, 0.4) is 0 Å². The summed E-state index contributed by atoms with van der Waals surface area (Å²) in [7, 11) is -4.14. The fourth-order valence-electron chi connectivity index (χ4n) is 2.47. The zero-order valence-corrected chi connectivity index (χ0v) is 15.9. The molecule has 10 heteroatoms. The second-order valence-electron chi connectivity index (χ2n) is 6.04. The minimum Gasteiger partial charge on any atom is -0.341 e. The van der Waals surface area contributed by atoms with Gasteiger partial charge < -0.3 is 10.6 Å². The van der Waals surface area contributed by atoms with Crippen LogP contribution in [-0.4, -0.2) is 38.6 Å². The van der Waals surface area contributed by atoms with Crippen molar-refractivity contribution >= 4 is 21.7 Å². The van der Waals surface area contributed by atoms with Crippen LogP contribution in [0.4, 0.5) is 8.78 Å². The van der Waals surface area contributed by atoms with E-state index in [0.29, 0.717) is 0 Å². The number of carbonyl (C=O) groups excluding carboxylic acids is 2. The molecule has 2 rings (SSSR count). The average molecular weight is 421 g/mol. The number of rotatable bonds is 8. The highest BCUT2D eigenvalue weighted by atomic mass is 32.2. The number of nitriles is 1. The van der Waals surface area contributed by atoms with Crippen LogP contribution in [0.25, 0.3) is 0 Å². The van der Waals surface area contributed by atoms with Gasteiger partial charge in [0, 0.05) is 11.1 Å². The second-order valence-corrected chi connectivity index (χ2v) is 8.14. The van der Waals surface area contributed by atoms with E-state index in [-0.39, 0.29) is 5.56 Å². The molecule has 2 aromatic rings. The quantitative estimate of drug-likeness (QED) is 0.624. The van der Waals surface area contributed by atoms with Crippen molar-refractivity contribution in [1.29, 1.82) is 5.26 Å². The normalized spacial score (nSPS) is 11.9. The third-order valence-electron chi connectivity index (χ3n) is 3.83. The summed E-state index contributed by atoms with van der Waals surface area (Å²) in [4.78, 5) is 24.6. The van der Waals surface area contributed by atoms with Crippen LogP contribution in [-0.2, 0) is 20.4 Å². The number of nitrogens with one attached hydrogen (secondary N) is 2. The molecule has 2 N–H and O–H groups in total. The number of carbonyl (C=O) groups is 2. The number of halogens is 2. The lowest BCUT2D eigenvalue weighted by atomic mass is 10.2. The van der Waals surface area contributed by atoms with E-state index in [4.69, 9.17) is 5.26 Å². The number of sulfone groups is 1. The zero-order chi connectivity index (χ0) is 21.4.